The van der Waals surface area contributed by atoms with Crippen molar-refractivity contribution in [3.63, 3.8) is 0 Å². The largest absolute Gasteiger partial charge is 0.416 e. The summed E-state index contributed by atoms with van der Waals surface area (Å²) in [5.41, 5.74) is -2.03. The molecule has 1 heterocycles. The van der Waals surface area contributed by atoms with Crippen LogP contribution in [0, 0.1) is 5.82 Å². The normalized spacial score (nSPS) is 20.2. The number of allylic oxidation sites excluding steroid dienone is 2. The fraction of sp³-hybridized carbons (Fsp3) is 0.407. The van der Waals surface area contributed by atoms with Crippen LogP contribution < -0.4 is 4.90 Å². The third-order valence-corrected chi connectivity index (χ3v) is 7.28. The summed E-state index contributed by atoms with van der Waals surface area (Å²) in [7, 11) is 2.55. The van der Waals surface area contributed by atoms with E-state index in [1.54, 1.807) is 18.2 Å². The van der Waals surface area contributed by atoms with Crippen molar-refractivity contribution in [2.24, 2.45) is 0 Å². The minimum absolute atomic E-state index is 0.00820. The van der Waals surface area contributed by atoms with E-state index in [4.69, 9.17) is 0 Å². The van der Waals surface area contributed by atoms with Gasteiger partial charge >= 0.3 is 18.4 Å². The Morgan fingerprint density at radius 1 is 0.923 bits per heavy atom. The van der Waals surface area contributed by atoms with Crippen molar-refractivity contribution >= 4 is 17.5 Å². The van der Waals surface area contributed by atoms with Gasteiger partial charge in [-0.15, -0.1) is 0 Å². The number of nitrogens with zero attached hydrogens (tertiary/aromatic N) is 3. The highest BCUT2D eigenvalue weighted by Gasteiger charge is 2.40. The Labute approximate surface area is 220 Å². The third kappa shape index (κ3) is 6.20. The van der Waals surface area contributed by atoms with Crippen molar-refractivity contribution < 1.29 is 40.3 Å². The summed E-state index contributed by atoms with van der Waals surface area (Å²) in [6, 6.07) is 5.42. The number of carbonyl (C=O) groups is 2. The molecule has 0 aromatic heterocycles. The van der Waals surface area contributed by atoms with E-state index in [-0.39, 0.29) is 17.8 Å². The third-order valence-electron chi connectivity index (χ3n) is 7.28. The summed E-state index contributed by atoms with van der Waals surface area (Å²) in [5, 5.41) is 0. The maximum absolute atomic E-state index is 13.6. The predicted octanol–water partition coefficient (Wildman–Crippen LogP) is 6.46. The minimum Gasteiger partial charge on any atom is -0.374 e. The molecule has 0 saturated carbocycles. The van der Waals surface area contributed by atoms with Gasteiger partial charge in [0.05, 0.1) is 11.1 Å². The molecule has 5 nitrogen and oxygen atoms in total. The van der Waals surface area contributed by atoms with Gasteiger partial charge in [0.2, 0.25) is 0 Å². The minimum atomic E-state index is -5.05. The lowest BCUT2D eigenvalue weighted by molar-refractivity contribution is -0.143. The highest BCUT2D eigenvalue weighted by atomic mass is 19.4. The van der Waals surface area contributed by atoms with E-state index in [2.05, 4.69) is 0 Å². The van der Waals surface area contributed by atoms with Gasteiger partial charge in [-0.05, 0) is 48.7 Å². The lowest BCUT2D eigenvalue weighted by Gasteiger charge is -2.45. The number of likely N-dealkylation sites (tertiary alicyclic amines) is 1. The molecule has 1 saturated heterocycles. The average molecular weight is 558 g/mol. The lowest BCUT2D eigenvalue weighted by atomic mass is 9.84. The Bertz CT molecular complexity index is 1240. The first-order valence-corrected chi connectivity index (χ1v) is 12.2. The molecule has 0 bridgehead atoms. The molecule has 1 aliphatic carbocycles. The Balaban J connectivity index is 1.64. The van der Waals surface area contributed by atoms with Crippen molar-refractivity contribution in [1.82, 2.24) is 9.80 Å². The second-order valence-electron chi connectivity index (χ2n) is 9.78. The molecule has 2 aromatic carbocycles. The van der Waals surface area contributed by atoms with E-state index in [0.29, 0.717) is 50.0 Å². The number of amides is 2. The van der Waals surface area contributed by atoms with Gasteiger partial charge in [-0.1, -0.05) is 12.1 Å². The molecule has 0 spiro atoms. The van der Waals surface area contributed by atoms with Crippen LogP contribution in [0.5, 0.6) is 0 Å². The van der Waals surface area contributed by atoms with Crippen LogP contribution in [-0.2, 0) is 17.1 Å². The molecule has 1 fully saturated rings. The number of carbonyl (C=O) groups excluding carboxylic acids is 2. The molecular formula is C27H26F7N3O2. The molecule has 12 heteroatoms. The number of anilines is 1. The number of urea groups is 1. The quantitative estimate of drug-likeness (QED) is 0.406. The Morgan fingerprint density at radius 3 is 2.03 bits per heavy atom. The maximum atomic E-state index is 13.6. The van der Waals surface area contributed by atoms with E-state index in [0.717, 1.165) is 17.6 Å². The second kappa shape index (κ2) is 10.5. The van der Waals surface area contributed by atoms with Gasteiger partial charge < -0.3 is 9.80 Å². The van der Waals surface area contributed by atoms with Gasteiger partial charge in [0.25, 0.3) is 0 Å². The van der Waals surface area contributed by atoms with E-state index < -0.39 is 47.1 Å². The fourth-order valence-electron chi connectivity index (χ4n) is 5.15. The van der Waals surface area contributed by atoms with Crippen LogP contribution in [0.2, 0.25) is 0 Å². The summed E-state index contributed by atoms with van der Waals surface area (Å²) in [6.07, 6.45) is -7.15. The molecule has 2 amide bonds. The monoisotopic (exact) mass is 557 g/mol. The zero-order valence-corrected chi connectivity index (χ0v) is 21.1. The second-order valence-corrected chi connectivity index (χ2v) is 9.78. The van der Waals surface area contributed by atoms with E-state index in [1.807, 2.05) is 4.90 Å². The average Bonchev–Trinajstić information content (AvgIpc) is 3.32. The summed E-state index contributed by atoms with van der Waals surface area (Å²) in [5.74, 6) is -0.814. The number of piperidine rings is 1. The molecule has 2 aromatic rings. The predicted molar refractivity (Wildman–Crippen MR) is 129 cm³/mol. The summed E-state index contributed by atoms with van der Waals surface area (Å²) < 4.78 is 93.9. The van der Waals surface area contributed by atoms with Gasteiger partial charge in [-0.2, -0.15) is 26.3 Å². The van der Waals surface area contributed by atoms with E-state index >= 15 is 0 Å². The summed E-state index contributed by atoms with van der Waals surface area (Å²) >= 11 is 0. The van der Waals surface area contributed by atoms with Crippen molar-refractivity contribution in [1.29, 1.82) is 0 Å². The number of hydrogen-bond acceptors (Lipinski definition) is 3. The van der Waals surface area contributed by atoms with E-state index in [9.17, 15) is 40.3 Å². The first-order chi connectivity index (χ1) is 18.1. The molecule has 4 rings (SSSR count). The number of benzene rings is 2. The molecular weight excluding hydrogens is 531 g/mol. The zero-order valence-electron chi connectivity index (χ0n) is 21.1. The Hall–Kier alpha value is -3.57. The van der Waals surface area contributed by atoms with Crippen LogP contribution in [0.1, 0.15) is 41.9 Å². The summed E-state index contributed by atoms with van der Waals surface area (Å²) in [4.78, 5) is 29.3. The van der Waals surface area contributed by atoms with Gasteiger partial charge in [-0.3, -0.25) is 9.69 Å². The highest BCUT2D eigenvalue weighted by molar-refractivity contribution is 5.93. The smallest absolute Gasteiger partial charge is 0.374 e. The highest BCUT2D eigenvalue weighted by Crippen LogP contribution is 2.39. The standard InChI is InChI=1S/C27H26F7N3O2/c1-35(21-12-17(26(29,30)31)11-18(13-21)27(32,33)34)25(39)36(2)24-9-10-37(20-7-8-22(38)14-20)15-23(24)16-3-5-19(28)6-4-16/h3-6,11-14,23-24H,7-10,15H2,1-2H3/t23-,24+/m0/s1. The molecule has 0 N–H and O–H groups in total. The van der Waals surface area contributed by atoms with Crippen LogP contribution in [0.15, 0.2) is 54.2 Å². The number of halogens is 7. The van der Waals surface area contributed by atoms with Gasteiger partial charge in [0.1, 0.15) is 5.82 Å². The molecule has 0 radical (unpaired) electrons. The van der Waals surface area contributed by atoms with Gasteiger partial charge in [0.15, 0.2) is 5.78 Å². The Morgan fingerprint density at radius 2 is 1.51 bits per heavy atom. The van der Waals surface area contributed by atoms with Crippen LogP contribution in [-0.4, -0.2) is 54.8 Å². The molecule has 39 heavy (non-hydrogen) atoms. The molecule has 2 aliphatic rings. The molecule has 2 atom stereocenters. The number of alkyl halides is 6. The zero-order chi connectivity index (χ0) is 28.7. The number of hydrogen-bond donors (Lipinski definition) is 0. The fourth-order valence-corrected chi connectivity index (χ4v) is 5.15. The first-order valence-electron chi connectivity index (χ1n) is 12.2. The Kier molecular flexibility index (Phi) is 7.68. The summed E-state index contributed by atoms with van der Waals surface area (Å²) in [6.45, 7) is 0.864. The lowest BCUT2D eigenvalue weighted by Crippen LogP contribution is -2.52. The SMILES string of the molecule is CN(C(=O)N(C)[C@@H]1CCN(C2=CC(=O)CC2)C[C@H]1c1ccc(F)cc1)c1cc(C(F)(F)F)cc(C(F)(F)F)c1. The maximum Gasteiger partial charge on any atom is 0.416 e. The van der Waals surface area contributed by atoms with Crippen LogP contribution >= 0.6 is 0 Å². The number of rotatable bonds is 4. The number of ketones is 1. The molecule has 210 valence electrons. The van der Waals surface area contributed by atoms with Crippen molar-refractivity contribution in [2.75, 3.05) is 32.1 Å². The van der Waals surface area contributed by atoms with Crippen LogP contribution in [0.25, 0.3) is 0 Å². The van der Waals surface area contributed by atoms with Crippen molar-refractivity contribution in [3.8, 4) is 0 Å². The first kappa shape index (κ1) is 28.4. The van der Waals surface area contributed by atoms with Crippen LogP contribution in [0.3, 0.4) is 0 Å². The van der Waals surface area contributed by atoms with Gasteiger partial charge in [-0.25, -0.2) is 9.18 Å². The topological polar surface area (TPSA) is 43.9 Å². The van der Waals surface area contributed by atoms with Crippen LogP contribution in [0.4, 0.5) is 41.2 Å². The number of likely N-dealkylation sites (N-methyl/N-ethyl adjacent to an activating group) is 1. The van der Waals surface area contributed by atoms with Gasteiger partial charge in [0, 0.05) is 63.0 Å². The van der Waals surface area contributed by atoms with Crippen molar-refractivity contribution in [3.05, 3.63) is 76.7 Å². The molecule has 0 unspecified atom stereocenters. The molecule has 1 aliphatic heterocycles. The van der Waals surface area contributed by atoms with Crippen molar-refractivity contribution in [2.45, 2.75) is 43.6 Å². The van der Waals surface area contributed by atoms with E-state index in [1.165, 1.54) is 24.1 Å².